The van der Waals surface area contributed by atoms with Crippen LogP contribution in [0.5, 0.6) is 0 Å². The third-order valence-electron chi connectivity index (χ3n) is 3.14. The van der Waals surface area contributed by atoms with Crippen molar-refractivity contribution in [2.75, 3.05) is 6.54 Å². The SMILES string of the molecule is CCCNC(c1cc(F)cc(F)c1)c1ncccc1C. The molecule has 1 aromatic carbocycles. The van der Waals surface area contributed by atoms with E-state index < -0.39 is 11.6 Å². The smallest absolute Gasteiger partial charge is 0.126 e. The standard InChI is InChI=1S/C16H18F2N2/c1-3-6-19-16(15-11(2)5-4-7-20-15)12-8-13(17)10-14(18)9-12/h4-5,7-10,16,19H,3,6H2,1-2H3. The molecule has 0 radical (unpaired) electrons. The van der Waals surface area contributed by atoms with Gasteiger partial charge in [-0.15, -0.1) is 0 Å². The summed E-state index contributed by atoms with van der Waals surface area (Å²) in [5, 5.41) is 3.30. The second kappa shape index (κ2) is 6.57. The molecular weight excluding hydrogens is 258 g/mol. The predicted octanol–water partition coefficient (Wildman–Crippen LogP) is 3.76. The summed E-state index contributed by atoms with van der Waals surface area (Å²) in [5.74, 6) is -1.14. The third-order valence-corrected chi connectivity index (χ3v) is 3.14. The van der Waals surface area contributed by atoms with Gasteiger partial charge in [0, 0.05) is 12.3 Å². The van der Waals surface area contributed by atoms with E-state index in [1.807, 2.05) is 26.0 Å². The summed E-state index contributed by atoms with van der Waals surface area (Å²) in [6.07, 6.45) is 2.62. The number of rotatable bonds is 5. The monoisotopic (exact) mass is 276 g/mol. The zero-order valence-corrected chi connectivity index (χ0v) is 11.7. The van der Waals surface area contributed by atoms with E-state index in [4.69, 9.17) is 0 Å². The molecule has 0 aliphatic carbocycles. The Morgan fingerprint density at radius 1 is 1.20 bits per heavy atom. The second-order valence-corrected chi connectivity index (χ2v) is 4.80. The average molecular weight is 276 g/mol. The minimum absolute atomic E-state index is 0.304. The fraction of sp³-hybridized carbons (Fsp3) is 0.312. The highest BCUT2D eigenvalue weighted by Crippen LogP contribution is 2.24. The molecule has 1 aromatic heterocycles. The summed E-state index contributed by atoms with van der Waals surface area (Å²) in [4.78, 5) is 4.36. The average Bonchev–Trinajstić information content (AvgIpc) is 2.40. The number of halogens is 2. The van der Waals surface area contributed by atoms with Gasteiger partial charge in [-0.1, -0.05) is 13.0 Å². The minimum Gasteiger partial charge on any atom is -0.305 e. The third kappa shape index (κ3) is 3.39. The Balaban J connectivity index is 2.44. The lowest BCUT2D eigenvalue weighted by atomic mass is 9.99. The largest absolute Gasteiger partial charge is 0.305 e. The molecule has 20 heavy (non-hydrogen) atoms. The fourth-order valence-electron chi connectivity index (χ4n) is 2.20. The first-order valence-corrected chi connectivity index (χ1v) is 6.72. The van der Waals surface area contributed by atoms with Gasteiger partial charge in [-0.2, -0.15) is 0 Å². The van der Waals surface area contributed by atoms with E-state index in [9.17, 15) is 8.78 Å². The Labute approximate surface area is 117 Å². The molecular formula is C16H18F2N2. The van der Waals surface area contributed by atoms with Crippen LogP contribution in [0.4, 0.5) is 8.78 Å². The van der Waals surface area contributed by atoms with Gasteiger partial charge in [0.15, 0.2) is 0 Å². The van der Waals surface area contributed by atoms with Crippen molar-refractivity contribution in [1.29, 1.82) is 0 Å². The molecule has 2 rings (SSSR count). The van der Waals surface area contributed by atoms with Crippen LogP contribution in [-0.4, -0.2) is 11.5 Å². The first kappa shape index (κ1) is 14.6. The van der Waals surface area contributed by atoms with Gasteiger partial charge in [0.2, 0.25) is 0 Å². The topological polar surface area (TPSA) is 24.9 Å². The van der Waals surface area contributed by atoms with Crippen molar-refractivity contribution in [3.05, 3.63) is 65.0 Å². The van der Waals surface area contributed by atoms with E-state index in [0.717, 1.165) is 30.3 Å². The molecule has 0 amide bonds. The number of aryl methyl sites for hydroxylation is 1. The molecule has 0 fully saturated rings. The van der Waals surface area contributed by atoms with Gasteiger partial charge in [0.25, 0.3) is 0 Å². The second-order valence-electron chi connectivity index (χ2n) is 4.80. The van der Waals surface area contributed by atoms with E-state index in [1.54, 1.807) is 6.20 Å². The predicted molar refractivity (Wildman–Crippen MR) is 75.5 cm³/mol. The molecule has 2 aromatic rings. The van der Waals surface area contributed by atoms with Gasteiger partial charge < -0.3 is 5.32 Å². The normalized spacial score (nSPS) is 12.4. The van der Waals surface area contributed by atoms with Crippen molar-refractivity contribution in [3.8, 4) is 0 Å². The van der Waals surface area contributed by atoms with Crippen molar-refractivity contribution in [2.24, 2.45) is 0 Å². The van der Waals surface area contributed by atoms with E-state index in [-0.39, 0.29) is 6.04 Å². The zero-order chi connectivity index (χ0) is 14.5. The summed E-state index contributed by atoms with van der Waals surface area (Å²) in [7, 11) is 0. The zero-order valence-electron chi connectivity index (χ0n) is 11.7. The molecule has 0 saturated heterocycles. The number of pyridine rings is 1. The highest BCUT2D eigenvalue weighted by Gasteiger charge is 2.18. The van der Waals surface area contributed by atoms with Crippen LogP contribution in [0.15, 0.2) is 36.5 Å². The Morgan fingerprint density at radius 2 is 1.90 bits per heavy atom. The highest BCUT2D eigenvalue weighted by atomic mass is 19.1. The Kier molecular flexibility index (Phi) is 4.79. The maximum Gasteiger partial charge on any atom is 0.126 e. The summed E-state index contributed by atoms with van der Waals surface area (Å²) in [6.45, 7) is 4.74. The van der Waals surface area contributed by atoms with Crippen molar-refractivity contribution in [3.63, 3.8) is 0 Å². The molecule has 4 heteroatoms. The first-order chi connectivity index (χ1) is 9.61. The van der Waals surface area contributed by atoms with Crippen LogP contribution in [0.25, 0.3) is 0 Å². The number of hydrogen-bond acceptors (Lipinski definition) is 2. The van der Waals surface area contributed by atoms with Crippen LogP contribution in [0.1, 0.15) is 36.2 Å². The number of hydrogen-bond donors (Lipinski definition) is 1. The molecule has 106 valence electrons. The summed E-state index contributed by atoms with van der Waals surface area (Å²) >= 11 is 0. The van der Waals surface area contributed by atoms with Crippen molar-refractivity contribution in [2.45, 2.75) is 26.3 Å². The lowest BCUT2D eigenvalue weighted by molar-refractivity contribution is 0.552. The van der Waals surface area contributed by atoms with Gasteiger partial charge in [0.1, 0.15) is 11.6 Å². The number of aromatic nitrogens is 1. The molecule has 0 saturated carbocycles. The van der Waals surface area contributed by atoms with Gasteiger partial charge in [0.05, 0.1) is 11.7 Å². The number of nitrogens with one attached hydrogen (secondary N) is 1. The molecule has 1 N–H and O–H groups in total. The molecule has 2 nitrogen and oxygen atoms in total. The van der Waals surface area contributed by atoms with Gasteiger partial charge in [-0.05, 0) is 49.2 Å². The van der Waals surface area contributed by atoms with Crippen LogP contribution >= 0.6 is 0 Å². The summed E-state index contributed by atoms with van der Waals surface area (Å²) in [5.41, 5.74) is 2.34. The van der Waals surface area contributed by atoms with Crippen LogP contribution < -0.4 is 5.32 Å². The minimum atomic E-state index is -0.572. The fourth-order valence-corrected chi connectivity index (χ4v) is 2.20. The molecule has 1 unspecified atom stereocenters. The molecule has 1 atom stereocenters. The van der Waals surface area contributed by atoms with E-state index in [2.05, 4.69) is 10.3 Å². The van der Waals surface area contributed by atoms with Crippen molar-refractivity contribution in [1.82, 2.24) is 10.3 Å². The molecule has 0 bridgehead atoms. The van der Waals surface area contributed by atoms with E-state index in [0.29, 0.717) is 5.56 Å². The van der Waals surface area contributed by atoms with E-state index >= 15 is 0 Å². The van der Waals surface area contributed by atoms with Crippen molar-refractivity contribution >= 4 is 0 Å². The number of benzene rings is 1. The van der Waals surface area contributed by atoms with Crippen molar-refractivity contribution < 1.29 is 8.78 Å². The quantitative estimate of drug-likeness (QED) is 0.899. The van der Waals surface area contributed by atoms with Crippen LogP contribution in [0.2, 0.25) is 0 Å². The number of nitrogens with zero attached hydrogens (tertiary/aromatic N) is 1. The van der Waals surface area contributed by atoms with Gasteiger partial charge in [-0.3, -0.25) is 4.98 Å². The molecule has 0 aliphatic heterocycles. The van der Waals surface area contributed by atoms with Crippen LogP contribution in [-0.2, 0) is 0 Å². The molecule has 0 aliphatic rings. The maximum absolute atomic E-state index is 13.4. The Hall–Kier alpha value is -1.81. The van der Waals surface area contributed by atoms with E-state index in [1.165, 1.54) is 12.1 Å². The lowest BCUT2D eigenvalue weighted by Crippen LogP contribution is -2.25. The van der Waals surface area contributed by atoms with Gasteiger partial charge >= 0.3 is 0 Å². The highest BCUT2D eigenvalue weighted by molar-refractivity contribution is 5.32. The Bertz CT molecular complexity index is 564. The summed E-state index contributed by atoms with van der Waals surface area (Å²) < 4.78 is 26.9. The lowest BCUT2D eigenvalue weighted by Gasteiger charge is -2.20. The van der Waals surface area contributed by atoms with Crippen LogP contribution in [0.3, 0.4) is 0 Å². The summed E-state index contributed by atoms with van der Waals surface area (Å²) in [6, 6.07) is 7.07. The van der Waals surface area contributed by atoms with Crippen LogP contribution in [0, 0.1) is 18.6 Å². The van der Waals surface area contributed by atoms with Gasteiger partial charge in [-0.25, -0.2) is 8.78 Å². The molecule has 1 heterocycles. The Morgan fingerprint density at radius 3 is 2.50 bits per heavy atom. The maximum atomic E-state index is 13.4. The first-order valence-electron chi connectivity index (χ1n) is 6.72. The molecule has 0 spiro atoms.